The number of thiophene rings is 1. The summed E-state index contributed by atoms with van der Waals surface area (Å²) in [5.74, 6) is -0.800. The van der Waals surface area contributed by atoms with Crippen molar-refractivity contribution in [3.05, 3.63) is 14.9 Å². The highest BCUT2D eigenvalue weighted by Gasteiger charge is 2.18. The maximum atomic E-state index is 11.9. The fourth-order valence-electron chi connectivity index (χ4n) is 1.49. The first-order valence-corrected chi connectivity index (χ1v) is 9.46. The summed E-state index contributed by atoms with van der Waals surface area (Å²) in [5, 5.41) is 8.85. The zero-order chi connectivity index (χ0) is 15.2. The van der Waals surface area contributed by atoms with Crippen LogP contribution in [0.1, 0.15) is 32.1 Å². The monoisotopic (exact) mass is 403 g/mol. The second kappa shape index (κ2) is 8.33. The molecule has 1 rings (SSSR count). The molecule has 0 fully saturated rings. The van der Waals surface area contributed by atoms with Gasteiger partial charge in [0, 0.05) is 13.0 Å². The number of sulfonamides is 1. The molecule has 1 heterocycles. The molecule has 0 aromatic carbocycles. The molecule has 5 nitrogen and oxygen atoms in total. The molecule has 1 aromatic heterocycles. The number of carboxylic acid groups (broad SMARTS) is 1. The Balaban J connectivity index is 2.29. The lowest BCUT2D eigenvalue weighted by atomic mass is 10.1. The number of halogens is 2. The highest BCUT2D eigenvalue weighted by Crippen LogP contribution is 2.34. The predicted octanol–water partition coefficient (Wildman–Crippen LogP) is 3.48. The van der Waals surface area contributed by atoms with Crippen LogP contribution < -0.4 is 4.72 Å². The van der Waals surface area contributed by atoms with E-state index in [1.807, 2.05) is 0 Å². The molecule has 20 heavy (non-hydrogen) atoms. The summed E-state index contributed by atoms with van der Waals surface area (Å²) in [6.07, 6.45) is 3.04. The molecule has 0 aliphatic carbocycles. The van der Waals surface area contributed by atoms with Crippen LogP contribution in [0.25, 0.3) is 0 Å². The van der Waals surface area contributed by atoms with Gasteiger partial charge in [0.25, 0.3) is 0 Å². The molecule has 0 aliphatic rings. The summed E-state index contributed by atoms with van der Waals surface area (Å²) in [6, 6.07) is 1.41. The van der Waals surface area contributed by atoms with Crippen LogP contribution in [0.15, 0.2) is 14.1 Å². The normalized spacial score (nSPS) is 11.7. The van der Waals surface area contributed by atoms with Crippen molar-refractivity contribution in [2.24, 2.45) is 0 Å². The van der Waals surface area contributed by atoms with Crippen molar-refractivity contribution in [3.63, 3.8) is 0 Å². The van der Waals surface area contributed by atoms with Gasteiger partial charge in [-0.3, -0.25) is 4.79 Å². The molecular formula is C11H15BrClNO4S2. The number of carboxylic acids is 1. The fourth-order valence-corrected chi connectivity index (χ4v) is 5.01. The average Bonchev–Trinajstić information content (AvgIpc) is 2.69. The Morgan fingerprint density at radius 3 is 2.55 bits per heavy atom. The second-order valence-corrected chi connectivity index (χ2v) is 8.91. The Morgan fingerprint density at radius 2 is 2.00 bits per heavy atom. The van der Waals surface area contributed by atoms with E-state index < -0.39 is 16.0 Å². The van der Waals surface area contributed by atoms with E-state index in [1.54, 1.807) is 0 Å². The lowest BCUT2D eigenvalue weighted by Gasteiger charge is -2.04. The van der Waals surface area contributed by atoms with Crippen molar-refractivity contribution in [1.82, 2.24) is 4.72 Å². The van der Waals surface area contributed by atoms with Crippen LogP contribution in [-0.4, -0.2) is 26.0 Å². The minimum atomic E-state index is -3.51. The molecule has 0 aliphatic heterocycles. The Kier molecular flexibility index (Phi) is 7.46. The van der Waals surface area contributed by atoms with E-state index in [0.29, 0.717) is 28.2 Å². The van der Waals surface area contributed by atoms with Gasteiger partial charge in [0.2, 0.25) is 10.0 Å². The zero-order valence-electron chi connectivity index (χ0n) is 10.6. The van der Waals surface area contributed by atoms with E-state index in [9.17, 15) is 13.2 Å². The lowest BCUT2D eigenvalue weighted by molar-refractivity contribution is -0.137. The summed E-state index contributed by atoms with van der Waals surface area (Å²) in [7, 11) is -3.51. The third kappa shape index (κ3) is 6.09. The summed E-state index contributed by atoms with van der Waals surface area (Å²) in [4.78, 5) is 10.3. The van der Waals surface area contributed by atoms with E-state index in [0.717, 1.165) is 24.2 Å². The van der Waals surface area contributed by atoms with Crippen LogP contribution in [0, 0.1) is 0 Å². The van der Waals surface area contributed by atoms with Gasteiger partial charge >= 0.3 is 5.97 Å². The molecule has 0 saturated carbocycles. The molecule has 1 aromatic rings. The van der Waals surface area contributed by atoms with Gasteiger partial charge in [0.1, 0.15) is 4.21 Å². The van der Waals surface area contributed by atoms with Gasteiger partial charge in [-0.25, -0.2) is 13.1 Å². The largest absolute Gasteiger partial charge is 0.481 e. The van der Waals surface area contributed by atoms with Crippen molar-refractivity contribution >= 4 is 54.9 Å². The van der Waals surface area contributed by atoms with Crippen molar-refractivity contribution in [2.75, 3.05) is 6.54 Å². The topological polar surface area (TPSA) is 83.5 Å². The molecule has 0 atom stereocenters. The van der Waals surface area contributed by atoms with Crippen LogP contribution in [0.5, 0.6) is 0 Å². The minimum Gasteiger partial charge on any atom is -0.481 e. The summed E-state index contributed by atoms with van der Waals surface area (Å²) >= 11 is 10.0. The SMILES string of the molecule is O=C(O)CCCCCCNS(=O)(=O)c1cc(Cl)c(Br)s1. The van der Waals surface area contributed by atoms with Crippen LogP contribution in [-0.2, 0) is 14.8 Å². The number of aliphatic carboxylic acids is 1. The first kappa shape index (κ1) is 17.9. The average molecular weight is 405 g/mol. The number of hydrogen-bond donors (Lipinski definition) is 2. The van der Waals surface area contributed by atoms with Crippen molar-refractivity contribution in [2.45, 2.75) is 36.3 Å². The maximum absolute atomic E-state index is 11.9. The van der Waals surface area contributed by atoms with E-state index in [4.69, 9.17) is 16.7 Å². The van der Waals surface area contributed by atoms with E-state index in [2.05, 4.69) is 20.7 Å². The first-order chi connectivity index (χ1) is 9.33. The van der Waals surface area contributed by atoms with Crippen LogP contribution in [0.3, 0.4) is 0 Å². The van der Waals surface area contributed by atoms with Crippen molar-refractivity contribution in [1.29, 1.82) is 0 Å². The van der Waals surface area contributed by atoms with Crippen molar-refractivity contribution in [3.8, 4) is 0 Å². The molecular weight excluding hydrogens is 390 g/mol. The van der Waals surface area contributed by atoms with Gasteiger partial charge in [0.05, 0.1) is 8.81 Å². The quantitative estimate of drug-likeness (QED) is 0.617. The molecule has 0 spiro atoms. The third-order valence-corrected chi connectivity index (χ3v) is 6.91. The molecule has 0 bridgehead atoms. The number of nitrogens with one attached hydrogen (secondary N) is 1. The van der Waals surface area contributed by atoms with Crippen LogP contribution in [0.4, 0.5) is 0 Å². The van der Waals surface area contributed by atoms with Gasteiger partial charge < -0.3 is 5.11 Å². The van der Waals surface area contributed by atoms with Gasteiger partial charge in [-0.1, -0.05) is 24.4 Å². The van der Waals surface area contributed by atoms with Crippen LogP contribution >= 0.6 is 38.9 Å². The van der Waals surface area contributed by atoms with Crippen LogP contribution in [0.2, 0.25) is 5.02 Å². The maximum Gasteiger partial charge on any atom is 0.303 e. The van der Waals surface area contributed by atoms with E-state index in [-0.39, 0.29) is 10.6 Å². The van der Waals surface area contributed by atoms with Gasteiger partial charge in [-0.15, -0.1) is 11.3 Å². The Labute approximate surface area is 135 Å². The van der Waals surface area contributed by atoms with E-state index >= 15 is 0 Å². The third-order valence-electron chi connectivity index (χ3n) is 2.50. The standard InChI is InChI=1S/C11H15BrClNO4S2/c12-11-8(13)7-10(19-11)20(17,18)14-6-4-2-1-3-5-9(15)16/h7,14H,1-6H2,(H,15,16). The molecule has 0 radical (unpaired) electrons. The van der Waals surface area contributed by atoms with Gasteiger partial charge in [-0.05, 0) is 34.8 Å². The Hall–Kier alpha value is -0.150. The summed E-state index contributed by atoms with van der Waals surface area (Å²) in [5.41, 5.74) is 0. The van der Waals surface area contributed by atoms with Gasteiger partial charge in [-0.2, -0.15) is 0 Å². The first-order valence-electron chi connectivity index (χ1n) is 5.99. The second-order valence-electron chi connectivity index (χ2n) is 4.14. The Morgan fingerprint density at radius 1 is 1.35 bits per heavy atom. The molecule has 9 heteroatoms. The number of unbranched alkanes of at least 4 members (excludes halogenated alkanes) is 3. The molecule has 114 valence electrons. The predicted molar refractivity (Wildman–Crippen MR) is 82.9 cm³/mol. The van der Waals surface area contributed by atoms with E-state index in [1.165, 1.54) is 6.07 Å². The zero-order valence-corrected chi connectivity index (χ0v) is 14.5. The van der Waals surface area contributed by atoms with Crippen molar-refractivity contribution < 1.29 is 18.3 Å². The highest BCUT2D eigenvalue weighted by atomic mass is 79.9. The molecule has 0 amide bonds. The summed E-state index contributed by atoms with van der Waals surface area (Å²) < 4.78 is 27.1. The lowest BCUT2D eigenvalue weighted by Crippen LogP contribution is -2.23. The number of hydrogen-bond acceptors (Lipinski definition) is 4. The summed E-state index contributed by atoms with van der Waals surface area (Å²) in [6.45, 7) is 0.336. The minimum absolute atomic E-state index is 0.160. The highest BCUT2D eigenvalue weighted by molar-refractivity contribution is 9.11. The molecule has 0 saturated heterocycles. The fraction of sp³-hybridized carbons (Fsp3) is 0.545. The Bertz CT molecular complexity index is 539. The van der Waals surface area contributed by atoms with Gasteiger partial charge in [0.15, 0.2) is 0 Å². The number of rotatable bonds is 9. The molecule has 2 N–H and O–H groups in total. The number of carbonyl (C=O) groups is 1. The molecule has 0 unspecified atom stereocenters. The smallest absolute Gasteiger partial charge is 0.303 e.